The molecular formula is C14H21N3O2W. The first-order chi connectivity index (χ1) is 8.52. The standard InChI is InChI=1S/C13H19N3O2.CH3.W/c1-16-7-5-13(6-8-16,12(17)18)9-10-3-2-4-11(14)15-10;;/h2-4H,5-9H2,1H3,(H3,14,15,17,18);1H3;/q;-1;+2/p-1. The number of nitrogens with one attached hydrogen (secondary N) is 1. The number of likely N-dealkylation sites (tertiary alicyclic amines) is 1. The van der Waals surface area contributed by atoms with E-state index in [-0.39, 0.29) is 34.3 Å². The van der Waals surface area contributed by atoms with Crippen molar-refractivity contribution in [3.8, 4) is 0 Å². The molecule has 6 heteroatoms. The molecule has 1 fully saturated rings. The first kappa shape index (κ1) is 19.1. The van der Waals surface area contributed by atoms with Crippen molar-refractivity contribution in [2.45, 2.75) is 19.3 Å². The quantitative estimate of drug-likeness (QED) is 0.723. The second kappa shape index (κ2) is 7.75. The molecule has 1 saturated heterocycles. The number of carbonyl (C=O) groups is 1. The number of hydrogen-bond acceptors (Lipinski definition) is 3. The van der Waals surface area contributed by atoms with Gasteiger partial charge in [-0.15, -0.1) is 0 Å². The van der Waals surface area contributed by atoms with Crippen LogP contribution >= 0.6 is 0 Å². The van der Waals surface area contributed by atoms with Crippen molar-refractivity contribution in [1.82, 2.24) is 9.88 Å². The first-order valence-electron chi connectivity index (χ1n) is 6.11. The Balaban J connectivity index is 0.00000180. The largest absolute Gasteiger partial charge is 2.00 e. The van der Waals surface area contributed by atoms with Crippen LogP contribution in [0, 0.1) is 12.8 Å². The van der Waals surface area contributed by atoms with E-state index in [0.29, 0.717) is 25.0 Å². The Morgan fingerprint density at radius 1 is 1.45 bits per heavy atom. The van der Waals surface area contributed by atoms with Crippen molar-refractivity contribution < 1.29 is 31.0 Å². The number of aliphatic carboxylic acids is 1. The first-order valence-corrected chi connectivity index (χ1v) is 6.11. The van der Waals surface area contributed by atoms with Gasteiger partial charge >= 0.3 is 27.0 Å². The zero-order chi connectivity index (χ0) is 13.2. The van der Waals surface area contributed by atoms with E-state index in [1.54, 1.807) is 18.2 Å². The molecule has 0 saturated carbocycles. The molecule has 0 aromatic carbocycles. The molecule has 2 N–H and O–H groups in total. The summed E-state index contributed by atoms with van der Waals surface area (Å²) in [5.74, 6) is -0.547. The summed E-state index contributed by atoms with van der Waals surface area (Å²) in [6, 6.07) is 5.17. The number of rotatable bonds is 3. The van der Waals surface area contributed by atoms with E-state index < -0.39 is 11.4 Å². The number of piperidine rings is 1. The maximum Gasteiger partial charge on any atom is 2.00 e. The van der Waals surface area contributed by atoms with Crippen LogP contribution in [0.15, 0.2) is 18.2 Å². The molecule has 2 heterocycles. The van der Waals surface area contributed by atoms with Gasteiger partial charge in [0.25, 0.3) is 0 Å². The molecule has 110 valence electrons. The van der Waals surface area contributed by atoms with Crippen molar-refractivity contribution in [3.05, 3.63) is 37.1 Å². The third kappa shape index (κ3) is 4.29. The van der Waals surface area contributed by atoms with Crippen molar-refractivity contribution >= 4 is 11.8 Å². The second-order valence-electron chi connectivity index (χ2n) is 5.08. The van der Waals surface area contributed by atoms with Crippen molar-refractivity contribution in [1.29, 1.82) is 0 Å². The molecule has 0 spiro atoms. The smallest absolute Gasteiger partial charge is 0.482 e. The molecule has 1 aliphatic rings. The van der Waals surface area contributed by atoms with Crippen LogP contribution in [0.2, 0.25) is 0 Å². The third-order valence-corrected chi connectivity index (χ3v) is 3.72. The predicted octanol–water partition coefficient (Wildman–Crippen LogP) is 2.55. The number of pyridine rings is 1. The van der Waals surface area contributed by atoms with Gasteiger partial charge in [0.2, 0.25) is 0 Å². The van der Waals surface area contributed by atoms with E-state index in [1.807, 2.05) is 7.05 Å². The maximum atomic E-state index is 11.6. The molecule has 2 rings (SSSR count). The van der Waals surface area contributed by atoms with Gasteiger partial charge in [-0.2, -0.15) is 0 Å². The monoisotopic (exact) mass is 447 g/mol. The number of nitrogens with zero attached hydrogens (tertiary/aromatic N) is 2. The zero-order valence-corrected chi connectivity index (χ0v) is 14.9. The van der Waals surface area contributed by atoms with Crippen LogP contribution in [0.25, 0.3) is 5.73 Å². The summed E-state index contributed by atoms with van der Waals surface area (Å²) < 4.78 is 0. The average molecular weight is 447 g/mol. The number of hydrogen-bond donors (Lipinski definition) is 1. The SMILES string of the molecule is CN1CCC(Cc2cccc([NH-])n2)(C(=O)O)CC1.[CH3-].[W+2]. The molecule has 5 nitrogen and oxygen atoms in total. The van der Waals surface area contributed by atoms with Gasteiger partial charge in [0.1, 0.15) is 0 Å². The van der Waals surface area contributed by atoms with Gasteiger partial charge in [0.15, 0.2) is 0 Å². The summed E-state index contributed by atoms with van der Waals surface area (Å²) in [7, 11) is 2.01. The summed E-state index contributed by atoms with van der Waals surface area (Å²) in [6.45, 7) is 1.60. The fourth-order valence-electron chi connectivity index (χ4n) is 2.44. The van der Waals surface area contributed by atoms with Gasteiger partial charge < -0.3 is 28.2 Å². The summed E-state index contributed by atoms with van der Waals surface area (Å²) in [5, 5.41) is 9.51. The van der Waals surface area contributed by atoms with Crippen molar-refractivity contribution in [2.75, 3.05) is 20.1 Å². The summed E-state index contributed by atoms with van der Waals surface area (Å²) in [4.78, 5) is 17.8. The van der Waals surface area contributed by atoms with Crippen LogP contribution in [0.4, 0.5) is 5.82 Å². The molecular weight excluding hydrogens is 426 g/mol. The molecule has 0 bridgehead atoms. The Hall–Kier alpha value is -0.932. The summed E-state index contributed by atoms with van der Waals surface area (Å²) in [6.07, 6.45) is 1.70. The fourth-order valence-corrected chi connectivity index (χ4v) is 2.44. The molecule has 0 atom stereocenters. The summed E-state index contributed by atoms with van der Waals surface area (Å²) >= 11 is 0. The van der Waals surface area contributed by atoms with Crippen molar-refractivity contribution in [2.24, 2.45) is 5.41 Å². The minimum Gasteiger partial charge on any atom is -0.482 e. The Labute approximate surface area is 134 Å². The van der Waals surface area contributed by atoms with E-state index >= 15 is 0 Å². The van der Waals surface area contributed by atoms with E-state index in [1.165, 1.54) is 0 Å². The topological polar surface area (TPSA) is 77.2 Å². The van der Waals surface area contributed by atoms with E-state index in [9.17, 15) is 9.90 Å². The molecule has 1 aromatic heterocycles. The predicted molar refractivity (Wildman–Crippen MR) is 75.1 cm³/mol. The summed E-state index contributed by atoms with van der Waals surface area (Å²) in [5.41, 5.74) is 7.48. The minimum absolute atomic E-state index is 0. The number of carboxylic acid groups (broad SMARTS) is 1. The van der Waals surface area contributed by atoms with Gasteiger partial charge in [-0.05, 0) is 39.4 Å². The Kier molecular flexibility index (Phi) is 7.39. The molecule has 0 radical (unpaired) electrons. The van der Waals surface area contributed by atoms with Crippen molar-refractivity contribution in [3.63, 3.8) is 0 Å². The third-order valence-electron chi connectivity index (χ3n) is 3.72. The normalized spacial score (nSPS) is 17.6. The number of carboxylic acids is 1. The van der Waals surface area contributed by atoms with Gasteiger partial charge in [0.05, 0.1) is 5.41 Å². The van der Waals surface area contributed by atoms with Gasteiger partial charge in [-0.3, -0.25) is 4.79 Å². The Morgan fingerprint density at radius 3 is 2.55 bits per heavy atom. The Morgan fingerprint density at radius 2 is 2.05 bits per heavy atom. The Bertz CT molecular complexity index is 446. The van der Waals surface area contributed by atoms with Crippen LogP contribution in [0.5, 0.6) is 0 Å². The number of aromatic nitrogens is 1. The van der Waals surface area contributed by atoms with Crippen LogP contribution in [-0.4, -0.2) is 41.1 Å². The molecule has 0 unspecified atom stereocenters. The van der Waals surface area contributed by atoms with Crippen LogP contribution in [0.3, 0.4) is 0 Å². The van der Waals surface area contributed by atoms with E-state index in [0.717, 1.165) is 13.1 Å². The fraction of sp³-hybridized carbons (Fsp3) is 0.500. The zero-order valence-electron chi connectivity index (χ0n) is 11.9. The van der Waals surface area contributed by atoms with Gasteiger partial charge in [-0.1, -0.05) is 29.7 Å². The molecule has 20 heavy (non-hydrogen) atoms. The molecule has 1 aromatic rings. The van der Waals surface area contributed by atoms with Gasteiger partial charge in [-0.25, -0.2) is 0 Å². The van der Waals surface area contributed by atoms with E-state index in [2.05, 4.69) is 9.88 Å². The van der Waals surface area contributed by atoms with Crippen LogP contribution in [-0.2, 0) is 32.3 Å². The van der Waals surface area contributed by atoms with Gasteiger partial charge in [0, 0.05) is 0 Å². The average Bonchev–Trinajstić information content (AvgIpc) is 2.32. The molecule has 0 aliphatic carbocycles. The minimum atomic E-state index is -0.743. The van der Waals surface area contributed by atoms with Crippen LogP contribution < -0.4 is 0 Å². The van der Waals surface area contributed by atoms with Crippen LogP contribution in [0.1, 0.15) is 18.5 Å². The molecule has 1 aliphatic heterocycles. The maximum absolute atomic E-state index is 11.6. The van der Waals surface area contributed by atoms with E-state index in [4.69, 9.17) is 5.73 Å². The molecule has 0 amide bonds. The second-order valence-corrected chi connectivity index (χ2v) is 5.08.